The number of aromatic hydroxyl groups is 2. The molecule has 0 unspecified atom stereocenters. The van der Waals surface area contributed by atoms with Crippen LogP contribution in [-0.4, -0.2) is 258 Å². The van der Waals surface area contributed by atoms with E-state index in [-0.39, 0.29) is 42.3 Å². The molecule has 102 heavy (non-hydrogen) atoms. The van der Waals surface area contributed by atoms with E-state index in [2.05, 4.69) is 76.4 Å². The molecule has 0 saturated heterocycles. The maximum Gasteiger partial charge on any atom is 0.325 e. The van der Waals surface area contributed by atoms with Gasteiger partial charge in [0.25, 0.3) is 0 Å². The van der Waals surface area contributed by atoms with Crippen molar-refractivity contribution in [2.75, 3.05) is 37.6 Å². The minimum Gasteiger partial charge on any atom is -0.508 e. The van der Waals surface area contributed by atoms with Crippen molar-refractivity contribution in [3.05, 3.63) is 59.7 Å². The standard InChI is InChI=1S/C62H92N14O24S2/c1-27(2)47(76-61(98)48(28(3)4)75-58(95)43(25-79)73-55(92)40(22-46(84)85)68-51(88)36(63)21-45(82)83)60(97)74-44(26-101)59(96)65-29(5)49(86)64-30(6)50(87)67-37(17-18-102-8)52(89)71-41(23-77)56(93)70-39(20-33-11-15-35(81)16-12-33)54(91)72-42(24-78)57(94)69-38(53(90)66-31(7)62(99)100)19-32-9-13-34(80)14-10-32/h9-16,27-31,36-44,47-48,77-81,101H,17-26,63H2,1-8H3,(H,64,86)(H,65,96)(H,66,90)(H,67,87)(H,68,88)(H,69,94)(H,70,93)(H,71,89)(H,72,91)(H,73,92)(H,74,97)(H,75,95)(H,76,98)(H,82,83)(H,84,85)(H,99,100)/t29-,30-,31-,36-,37-,38-,39-,40-,41-,42-,43-,44-,47-,48-/m0/s1. The summed E-state index contributed by atoms with van der Waals surface area (Å²) in [5.41, 5.74) is 6.22. The van der Waals surface area contributed by atoms with E-state index < -0.39 is 224 Å². The van der Waals surface area contributed by atoms with Crippen molar-refractivity contribution >= 4 is 119 Å². The molecular weight excluding hydrogens is 1390 g/mol. The third-order valence-corrected chi connectivity index (χ3v) is 16.0. The van der Waals surface area contributed by atoms with Crippen LogP contribution in [0, 0.1) is 11.8 Å². The molecule has 0 fully saturated rings. The van der Waals surface area contributed by atoms with E-state index in [9.17, 15) is 112 Å². The number of benzene rings is 2. The number of phenols is 2. The predicted octanol–water partition coefficient (Wildman–Crippen LogP) is -7.42. The molecule has 13 amide bonds. The highest BCUT2D eigenvalue weighted by atomic mass is 32.2. The van der Waals surface area contributed by atoms with Gasteiger partial charge in [-0.25, -0.2) is 0 Å². The highest BCUT2D eigenvalue weighted by molar-refractivity contribution is 7.98. The Morgan fingerprint density at radius 3 is 1.08 bits per heavy atom. The zero-order valence-electron chi connectivity index (χ0n) is 57.0. The van der Waals surface area contributed by atoms with Gasteiger partial charge in [0.1, 0.15) is 90.0 Å². The zero-order chi connectivity index (χ0) is 77.4. The van der Waals surface area contributed by atoms with Crippen molar-refractivity contribution in [1.82, 2.24) is 69.1 Å². The number of nitrogens with one attached hydrogen (secondary N) is 13. The van der Waals surface area contributed by atoms with Gasteiger partial charge in [0.15, 0.2) is 0 Å². The summed E-state index contributed by atoms with van der Waals surface area (Å²) in [4.78, 5) is 210. The molecule has 2 aromatic rings. The number of carboxylic acids is 3. The van der Waals surface area contributed by atoms with E-state index in [1.807, 2.05) is 5.32 Å². The van der Waals surface area contributed by atoms with E-state index in [1.54, 1.807) is 6.26 Å². The third kappa shape index (κ3) is 30.1. The predicted molar refractivity (Wildman–Crippen MR) is 364 cm³/mol. The fraction of sp³-hybridized carbons (Fsp3) is 0.548. The first-order valence-electron chi connectivity index (χ1n) is 31.7. The lowest BCUT2D eigenvalue weighted by Crippen LogP contribution is -2.62. The van der Waals surface area contributed by atoms with E-state index >= 15 is 0 Å². The normalized spacial score (nSPS) is 15.2. The first-order chi connectivity index (χ1) is 47.8. The Kier molecular flexibility index (Phi) is 37.8. The molecule has 2 rings (SSSR count). The quantitative estimate of drug-likeness (QED) is 0.0274. The van der Waals surface area contributed by atoms with Crippen molar-refractivity contribution in [2.24, 2.45) is 17.6 Å². The average molecular weight is 1480 g/mol. The summed E-state index contributed by atoms with van der Waals surface area (Å²) in [6.07, 6.45) is -1.02. The molecule has 0 aromatic heterocycles. The summed E-state index contributed by atoms with van der Waals surface area (Å²) in [5, 5.41) is 108. The number of thiol groups is 1. The molecule has 0 spiro atoms. The largest absolute Gasteiger partial charge is 0.508 e. The van der Waals surface area contributed by atoms with Gasteiger partial charge in [-0.2, -0.15) is 24.4 Å². The molecule has 0 aliphatic heterocycles. The van der Waals surface area contributed by atoms with E-state index in [4.69, 9.17) is 10.8 Å². The summed E-state index contributed by atoms with van der Waals surface area (Å²) < 4.78 is 0. The molecule has 14 atom stereocenters. The molecule has 2 aromatic carbocycles. The number of aliphatic hydroxyl groups excluding tert-OH is 3. The molecule has 23 N–H and O–H groups in total. The molecule has 0 radical (unpaired) electrons. The number of nitrogens with two attached hydrogens (primary N) is 1. The number of aliphatic hydroxyl groups is 3. The molecule has 0 bridgehead atoms. The minimum absolute atomic E-state index is 0.0985. The monoisotopic (exact) mass is 1480 g/mol. The summed E-state index contributed by atoms with van der Waals surface area (Å²) in [6, 6.07) is -11.8. The van der Waals surface area contributed by atoms with Gasteiger partial charge in [0.05, 0.1) is 38.7 Å². The van der Waals surface area contributed by atoms with Gasteiger partial charge in [0.2, 0.25) is 76.8 Å². The Labute approximate surface area is 594 Å². The Morgan fingerprint density at radius 2 is 0.686 bits per heavy atom. The smallest absolute Gasteiger partial charge is 0.325 e. The van der Waals surface area contributed by atoms with E-state index in [0.29, 0.717) is 11.1 Å². The number of hydrogen-bond donors (Lipinski definition) is 23. The number of amides is 13. The summed E-state index contributed by atoms with van der Waals surface area (Å²) >= 11 is 5.42. The van der Waals surface area contributed by atoms with Crippen LogP contribution >= 0.6 is 24.4 Å². The van der Waals surface area contributed by atoms with Gasteiger partial charge in [-0.3, -0.25) is 76.7 Å². The number of carbonyl (C=O) groups excluding carboxylic acids is 13. The number of hydrogen-bond acceptors (Lipinski definition) is 24. The second-order valence-electron chi connectivity index (χ2n) is 24.0. The molecule has 40 heteroatoms. The first-order valence-corrected chi connectivity index (χ1v) is 33.7. The molecule has 0 aliphatic carbocycles. The van der Waals surface area contributed by atoms with Crippen LogP contribution < -0.4 is 74.9 Å². The van der Waals surface area contributed by atoms with Crippen LogP contribution in [0.25, 0.3) is 0 Å². The second kappa shape index (κ2) is 43.7. The molecule has 0 aliphatic rings. The van der Waals surface area contributed by atoms with E-state index in [0.717, 1.165) is 6.92 Å². The molecule has 566 valence electrons. The number of thioether (sulfide) groups is 1. The van der Waals surface area contributed by atoms with Gasteiger partial charge in [-0.15, -0.1) is 0 Å². The van der Waals surface area contributed by atoms with Crippen molar-refractivity contribution < 1.29 is 118 Å². The Bertz CT molecular complexity index is 3280. The maximum atomic E-state index is 14.1. The summed E-state index contributed by atoms with van der Waals surface area (Å²) in [7, 11) is 0. The highest BCUT2D eigenvalue weighted by Crippen LogP contribution is 2.15. The fourth-order valence-electron chi connectivity index (χ4n) is 9.02. The molecular formula is C62H92N14O24S2. The Hall–Kier alpha value is -9.90. The van der Waals surface area contributed by atoms with Crippen LogP contribution in [-0.2, 0) is 89.6 Å². The fourth-order valence-corrected chi connectivity index (χ4v) is 9.75. The van der Waals surface area contributed by atoms with Gasteiger partial charge >= 0.3 is 17.9 Å². The number of phenolic OH excluding ortho intramolecular Hbond substituents is 2. The lowest BCUT2D eigenvalue weighted by molar-refractivity contribution is -0.142. The SMILES string of the molecule is CSCC[C@H](NC(=O)[C@H](C)NC(=O)[C@H](C)NC(=O)[C@H](CS)NC(=O)[C@@H](NC(=O)[C@@H](NC(=O)[C@H](CO)NC(=O)[C@H](CC(=O)O)NC(=O)[C@@H](N)CC(=O)O)C(C)C)C(C)C)C(=O)N[C@@H](CO)C(=O)N[C@@H](Cc1ccc(O)cc1)C(=O)N[C@@H](CO)C(=O)N[C@@H](Cc1ccc(O)cc1)C(=O)N[C@@H](C)C(=O)O. The minimum atomic E-state index is -1.92. The highest BCUT2D eigenvalue weighted by Gasteiger charge is 2.38. The van der Waals surface area contributed by atoms with Crippen LogP contribution in [0.2, 0.25) is 0 Å². The summed E-state index contributed by atoms with van der Waals surface area (Å²) in [6.45, 7) is 6.28. The van der Waals surface area contributed by atoms with Crippen molar-refractivity contribution in [1.29, 1.82) is 0 Å². The molecule has 0 heterocycles. The third-order valence-electron chi connectivity index (χ3n) is 15.0. The van der Waals surface area contributed by atoms with Crippen LogP contribution in [0.1, 0.15) is 78.9 Å². The number of carboxylic acid groups (broad SMARTS) is 3. The lowest BCUT2D eigenvalue weighted by Gasteiger charge is -2.29. The van der Waals surface area contributed by atoms with Gasteiger partial charge in [-0.05, 0) is 86.4 Å². The molecule has 0 saturated carbocycles. The number of aliphatic carboxylic acids is 3. The molecule has 38 nitrogen and oxygen atoms in total. The number of rotatable bonds is 44. The lowest BCUT2D eigenvalue weighted by atomic mass is 9.99. The number of carbonyl (C=O) groups is 16. The van der Waals surface area contributed by atoms with Crippen LogP contribution in [0.4, 0.5) is 0 Å². The van der Waals surface area contributed by atoms with Gasteiger partial charge in [0, 0.05) is 18.6 Å². The van der Waals surface area contributed by atoms with Crippen LogP contribution in [0.3, 0.4) is 0 Å². The summed E-state index contributed by atoms with van der Waals surface area (Å²) in [5.74, 6) is -20.4. The maximum absolute atomic E-state index is 14.1. The van der Waals surface area contributed by atoms with Gasteiger partial charge < -0.3 is 116 Å². The zero-order valence-corrected chi connectivity index (χ0v) is 58.7. The van der Waals surface area contributed by atoms with Crippen LogP contribution in [0.15, 0.2) is 48.5 Å². The first kappa shape index (κ1) is 88.2. The van der Waals surface area contributed by atoms with E-state index in [1.165, 1.54) is 102 Å². The Balaban J connectivity index is 2.21. The van der Waals surface area contributed by atoms with Gasteiger partial charge in [-0.1, -0.05) is 52.0 Å². The Morgan fingerprint density at radius 1 is 0.382 bits per heavy atom. The second-order valence-corrected chi connectivity index (χ2v) is 25.4. The van der Waals surface area contributed by atoms with Crippen molar-refractivity contribution in [3.63, 3.8) is 0 Å². The van der Waals surface area contributed by atoms with Crippen LogP contribution in [0.5, 0.6) is 11.5 Å². The van der Waals surface area contributed by atoms with Crippen molar-refractivity contribution in [3.8, 4) is 11.5 Å². The van der Waals surface area contributed by atoms with Crippen molar-refractivity contribution in [2.45, 2.75) is 165 Å². The topological polar surface area (TPSA) is 617 Å². The average Bonchev–Trinajstić information content (AvgIpc) is 0.853.